The Labute approximate surface area is 202 Å². The van der Waals surface area contributed by atoms with Crippen LogP contribution in [0.1, 0.15) is 74.5 Å². The molecule has 0 bridgehead atoms. The number of fused-ring (bicyclic) bond motifs is 1. The van der Waals surface area contributed by atoms with Crippen LogP contribution in [0.3, 0.4) is 0 Å². The monoisotopic (exact) mass is 465 g/mol. The summed E-state index contributed by atoms with van der Waals surface area (Å²) in [7, 11) is 0. The standard InChI is InChI=1S/C28H35NO5/c29-19-24(23-11-13-27-28(18-23)34-21-33-27)16-22-10-12-26(25(17-22)20-31)32-15-9-7-5-3-1-2-4-6-8-14-30/h10-13,16-18,30-31H,1-9,14-15,20-21H2. The van der Waals surface area contributed by atoms with Crippen molar-refractivity contribution in [2.24, 2.45) is 0 Å². The second-order valence-electron chi connectivity index (χ2n) is 8.52. The molecular formula is C28H35NO5. The smallest absolute Gasteiger partial charge is 0.231 e. The van der Waals surface area contributed by atoms with Crippen LogP contribution < -0.4 is 14.2 Å². The lowest BCUT2D eigenvalue weighted by atomic mass is 10.0. The number of benzene rings is 2. The Morgan fingerprint density at radius 2 is 1.59 bits per heavy atom. The molecule has 0 atom stereocenters. The average Bonchev–Trinajstić information content (AvgIpc) is 3.34. The molecule has 0 aromatic heterocycles. The molecule has 1 aliphatic rings. The highest BCUT2D eigenvalue weighted by Crippen LogP contribution is 2.35. The fourth-order valence-corrected chi connectivity index (χ4v) is 4.00. The van der Waals surface area contributed by atoms with E-state index in [-0.39, 0.29) is 13.4 Å². The number of nitrogens with zero attached hydrogens (tertiary/aromatic N) is 1. The molecule has 0 fully saturated rings. The van der Waals surface area contributed by atoms with Gasteiger partial charge in [-0.15, -0.1) is 0 Å². The molecule has 2 aromatic carbocycles. The zero-order chi connectivity index (χ0) is 24.0. The van der Waals surface area contributed by atoms with Crippen LogP contribution in [0.2, 0.25) is 0 Å². The van der Waals surface area contributed by atoms with Crippen molar-refractivity contribution in [3.63, 3.8) is 0 Å². The first-order valence-electron chi connectivity index (χ1n) is 12.2. The second kappa shape index (κ2) is 14.3. The highest BCUT2D eigenvalue weighted by molar-refractivity contribution is 5.90. The maximum Gasteiger partial charge on any atom is 0.231 e. The number of aliphatic hydroxyl groups is 2. The number of rotatable bonds is 15. The van der Waals surface area contributed by atoms with Gasteiger partial charge in [0, 0.05) is 12.2 Å². The minimum atomic E-state index is -0.126. The van der Waals surface area contributed by atoms with Crippen molar-refractivity contribution in [2.45, 2.75) is 64.4 Å². The molecule has 2 N–H and O–H groups in total. The summed E-state index contributed by atoms with van der Waals surface area (Å²) in [5.41, 5.74) is 2.79. The molecule has 0 saturated carbocycles. The lowest BCUT2D eigenvalue weighted by molar-refractivity contribution is 0.174. The minimum Gasteiger partial charge on any atom is -0.493 e. The Hall–Kier alpha value is -3.01. The third kappa shape index (κ3) is 7.79. The van der Waals surface area contributed by atoms with Gasteiger partial charge in [0.05, 0.1) is 24.9 Å². The van der Waals surface area contributed by atoms with Crippen LogP contribution >= 0.6 is 0 Å². The number of ether oxygens (including phenoxy) is 3. The molecule has 34 heavy (non-hydrogen) atoms. The normalized spacial score (nSPS) is 12.6. The molecule has 3 rings (SSSR count). The topological polar surface area (TPSA) is 91.9 Å². The third-order valence-electron chi connectivity index (χ3n) is 5.93. The second-order valence-corrected chi connectivity index (χ2v) is 8.52. The van der Waals surface area contributed by atoms with Gasteiger partial charge in [0.15, 0.2) is 11.5 Å². The van der Waals surface area contributed by atoms with Gasteiger partial charge in [-0.05, 0) is 60.4 Å². The molecule has 1 heterocycles. The Morgan fingerprint density at radius 1 is 0.882 bits per heavy atom. The summed E-state index contributed by atoms with van der Waals surface area (Å²) in [6.07, 6.45) is 12.1. The first kappa shape index (κ1) is 25.6. The number of hydrogen-bond acceptors (Lipinski definition) is 6. The van der Waals surface area contributed by atoms with Crippen molar-refractivity contribution in [3.05, 3.63) is 53.1 Å². The van der Waals surface area contributed by atoms with E-state index in [2.05, 4.69) is 6.07 Å². The first-order chi connectivity index (χ1) is 16.7. The van der Waals surface area contributed by atoms with Crippen LogP contribution in [0.5, 0.6) is 17.2 Å². The molecule has 0 amide bonds. The van der Waals surface area contributed by atoms with E-state index in [1.807, 2.05) is 24.3 Å². The van der Waals surface area contributed by atoms with Crippen molar-refractivity contribution < 1.29 is 24.4 Å². The average molecular weight is 466 g/mol. The number of nitriles is 1. The van der Waals surface area contributed by atoms with Gasteiger partial charge in [-0.1, -0.05) is 51.0 Å². The molecule has 182 valence electrons. The summed E-state index contributed by atoms with van der Waals surface area (Å²) in [6, 6.07) is 13.3. The van der Waals surface area contributed by atoms with E-state index < -0.39 is 0 Å². The summed E-state index contributed by atoms with van der Waals surface area (Å²) < 4.78 is 16.7. The molecule has 0 radical (unpaired) electrons. The van der Waals surface area contributed by atoms with Crippen LogP contribution in [-0.4, -0.2) is 30.2 Å². The van der Waals surface area contributed by atoms with Crippen molar-refractivity contribution in [3.8, 4) is 23.3 Å². The van der Waals surface area contributed by atoms with Crippen molar-refractivity contribution in [2.75, 3.05) is 20.0 Å². The van der Waals surface area contributed by atoms with E-state index in [1.165, 1.54) is 32.1 Å². The van der Waals surface area contributed by atoms with Crippen LogP contribution in [0.15, 0.2) is 36.4 Å². The van der Waals surface area contributed by atoms with Crippen molar-refractivity contribution in [1.82, 2.24) is 0 Å². The van der Waals surface area contributed by atoms with Crippen LogP contribution in [0, 0.1) is 11.3 Å². The highest BCUT2D eigenvalue weighted by Gasteiger charge is 2.15. The Balaban J connectivity index is 1.47. The number of unbranched alkanes of at least 4 members (excludes halogenated alkanes) is 8. The van der Waals surface area contributed by atoms with Crippen LogP contribution in [-0.2, 0) is 6.61 Å². The van der Waals surface area contributed by atoms with Gasteiger partial charge < -0.3 is 24.4 Å². The Kier molecular flexibility index (Phi) is 10.8. The summed E-state index contributed by atoms with van der Waals surface area (Å²) in [4.78, 5) is 0. The lowest BCUT2D eigenvalue weighted by Crippen LogP contribution is -2.01. The molecule has 0 aliphatic carbocycles. The van der Waals surface area contributed by atoms with E-state index in [4.69, 9.17) is 19.3 Å². The molecule has 2 aromatic rings. The van der Waals surface area contributed by atoms with Gasteiger partial charge in [0.25, 0.3) is 0 Å². The maximum absolute atomic E-state index is 9.82. The lowest BCUT2D eigenvalue weighted by Gasteiger charge is -2.11. The van der Waals surface area contributed by atoms with Gasteiger partial charge in [0.2, 0.25) is 6.79 Å². The zero-order valence-corrected chi connectivity index (χ0v) is 19.8. The number of hydrogen-bond donors (Lipinski definition) is 2. The van der Waals surface area contributed by atoms with Crippen molar-refractivity contribution in [1.29, 1.82) is 5.26 Å². The molecule has 1 aliphatic heterocycles. The van der Waals surface area contributed by atoms with E-state index in [9.17, 15) is 10.4 Å². The van der Waals surface area contributed by atoms with E-state index in [1.54, 1.807) is 18.2 Å². The number of allylic oxidation sites excluding steroid dienone is 1. The largest absolute Gasteiger partial charge is 0.493 e. The van der Waals surface area contributed by atoms with Crippen LogP contribution in [0.4, 0.5) is 0 Å². The molecule has 6 heteroatoms. The van der Waals surface area contributed by atoms with Gasteiger partial charge >= 0.3 is 0 Å². The van der Waals surface area contributed by atoms with Crippen LogP contribution in [0.25, 0.3) is 11.6 Å². The highest BCUT2D eigenvalue weighted by atomic mass is 16.7. The summed E-state index contributed by atoms with van der Waals surface area (Å²) in [6.45, 7) is 0.996. The van der Waals surface area contributed by atoms with E-state index >= 15 is 0 Å². The molecule has 0 unspecified atom stereocenters. The minimum absolute atomic E-state index is 0.126. The fourth-order valence-electron chi connectivity index (χ4n) is 4.00. The van der Waals surface area contributed by atoms with Gasteiger partial charge in [-0.25, -0.2) is 0 Å². The Bertz CT molecular complexity index is 979. The predicted molar refractivity (Wildman–Crippen MR) is 133 cm³/mol. The van der Waals surface area contributed by atoms with Gasteiger partial charge in [0.1, 0.15) is 5.75 Å². The first-order valence-corrected chi connectivity index (χ1v) is 12.2. The third-order valence-corrected chi connectivity index (χ3v) is 5.93. The molecule has 0 saturated heterocycles. The molecule has 6 nitrogen and oxygen atoms in total. The van der Waals surface area contributed by atoms with Gasteiger partial charge in [-0.2, -0.15) is 5.26 Å². The summed E-state index contributed by atoms with van der Waals surface area (Å²) >= 11 is 0. The van der Waals surface area contributed by atoms with Crippen molar-refractivity contribution >= 4 is 11.6 Å². The van der Waals surface area contributed by atoms with E-state index in [0.717, 1.165) is 36.8 Å². The van der Waals surface area contributed by atoms with E-state index in [0.29, 0.717) is 41.6 Å². The fraction of sp³-hybridized carbons (Fsp3) is 0.464. The molecule has 0 spiro atoms. The predicted octanol–water partition coefficient (Wildman–Crippen LogP) is 5.85. The number of aliphatic hydroxyl groups excluding tert-OH is 2. The maximum atomic E-state index is 9.82. The molecular weight excluding hydrogens is 430 g/mol. The quantitative estimate of drug-likeness (QED) is 0.195. The summed E-state index contributed by atoms with van der Waals surface area (Å²) in [5, 5.41) is 28.3. The van der Waals surface area contributed by atoms with Gasteiger partial charge in [-0.3, -0.25) is 0 Å². The summed E-state index contributed by atoms with van der Waals surface area (Å²) in [5.74, 6) is 2.00. The SMILES string of the molecule is N#CC(=Cc1ccc(OCCCCCCCCCCCO)c(CO)c1)c1ccc2c(c1)OCO2. The zero-order valence-electron chi connectivity index (χ0n) is 19.8. The Morgan fingerprint density at radius 3 is 2.29 bits per heavy atom.